The third kappa shape index (κ3) is 5.14. The Bertz CT molecular complexity index is 1240. The van der Waals surface area contributed by atoms with Crippen LogP contribution in [0.4, 0.5) is 0 Å². The molecule has 168 valence electrons. The molecule has 0 bridgehead atoms. The maximum absolute atomic E-state index is 13.3. The highest BCUT2D eigenvalue weighted by Crippen LogP contribution is 2.30. The fourth-order valence-corrected chi connectivity index (χ4v) is 3.97. The van der Waals surface area contributed by atoms with Crippen LogP contribution in [-0.4, -0.2) is 28.7 Å². The Morgan fingerprint density at radius 3 is 2.42 bits per heavy atom. The lowest BCUT2D eigenvalue weighted by Gasteiger charge is -2.14. The van der Waals surface area contributed by atoms with Crippen LogP contribution in [0.15, 0.2) is 85.1 Å². The third-order valence-corrected chi connectivity index (χ3v) is 5.66. The van der Waals surface area contributed by atoms with Gasteiger partial charge >= 0.3 is 0 Å². The first-order valence-corrected chi connectivity index (χ1v) is 11.3. The molecular weight excluding hydrogens is 412 g/mol. The van der Waals surface area contributed by atoms with Crippen molar-refractivity contribution in [1.82, 2.24) is 9.72 Å². The van der Waals surface area contributed by atoms with Crippen LogP contribution >= 0.6 is 0 Å². The van der Waals surface area contributed by atoms with Crippen LogP contribution in [0.5, 0.6) is 5.75 Å². The molecule has 2 aromatic heterocycles. The molecule has 1 atom stereocenters. The molecule has 1 N–H and O–H groups in total. The van der Waals surface area contributed by atoms with Gasteiger partial charge in [-0.25, -0.2) is 0 Å². The zero-order valence-electron chi connectivity index (χ0n) is 19.0. The molecule has 0 spiro atoms. The van der Waals surface area contributed by atoms with Gasteiger partial charge in [-0.05, 0) is 68.1 Å². The third-order valence-electron chi connectivity index (χ3n) is 5.66. The number of fused-ring (bicyclic) bond motifs is 1. The van der Waals surface area contributed by atoms with Crippen LogP contribution in [0.2, 0.25) is 0 Å². The van der Waals surface area contributed by atoms with Crippen molar-refractivity contribution < 1.29 is 14.3 Å². The van der Waals surface area contributed by atoms with E-state index in [-0.39, 0.29) is 6.04 Å². The van der Waals surface area contributed by atoms with E-state index in [0.717, 1.165) is 35.2 Å². The van der Waals surface area contributed by atoms with Crippen molar-refractivity contribution >= 4 is 17.2 Å². The normalized spacial score (nSPS) is 11.8. The van der Waals surface area contributed by atoms with Gasteiger partial charge in [0.15, 0.2) is 0 Å². The SMILES string of the molecule is CCOc1ccc(-c2cc3ccccn3c2C(=O)C(=O)N[C@@H](C)CCc2ccccc2)cc1. The summed E-state index contributed by atoms with van der Waals surface area (Å²) in [5, 5.41) is 2.89. The van der Waals surface area contributed by atoms with Crippen molar-refractivity contribution in [2.75, 3.05) is 6.61 Å². The van der Waals surface area contributed by atoms with E-state index in [9.17, 15) is 9.59 Å². The van der Waals surface area contributed by atoms with Gasteiger partial charge in [0.2, 0.25) is 0 Å². The number of pyridine rings is 1. The van der Waals surface area contributed by atoms with Crippen molar-refractivity contribution in [3.8, 4) is 16.9 Å². The van der Waals surface area contributed by atoms with Crippen LogP contribution in [0.25, 0.3) is 16.6 Å². The molecule has 0 unspecified atom stereocenters. The summed E-state index contributed by atoms with van der Waals surface area (Å²) in [6.07, 6.45) is 3.40. The number of carbonyl (C=O) groups excluding carboxylic acids is 2. The number of nitrogens with one attached hydrogen (secondary N) is 1. The molecule has 2 aromatic carbocycles. The van der Waals surface area contributed by atoms with Gasteiger partial charge in [-0.1, -0.05) is 48.5 Å². The second kappa shape index (κ2) is 10.2. The zero-order chi connectivity index (χ0) is 23.2. The van der Waals surface area contributed by atoms with E-state index in [1.165, 1.54) is 5.56 Å². The maximum atomic E-state index is 13.3. The molecule has 5 nitrogen and oxygen atoms in total. The second-order valence-electron chi connectivity index (χ2n) is 8.09. The Labute approximate surface area is 194 Å². The summed E-state index contributed by atoms with van der Waals surface area (Å²) in [6, 6.07) is 25.2. The highest BCUT2D eigenvalue weighted by Gasteiger charge is 2.25. The van der Waals surface area contributed by atoms with Gasteiger partial charge in [0.25, 0.3) is 11.7 Å². The number of rotatable bonds is 9. The summed E-state index contributed by atoms with van der Waals surface area (Å²) in [5.41, 5.74) is 4.01. The lowest BCUT2D eigenvalue weighted by molar-refractivity contribution is -0.117. The lowest BCUT2D eigenvalue weighted by atomic mass is 10.0. The first-order chi connectivity index (χ1) is 16.1. The van der Waals surface area contributed by atoms with Crippen molar-refractivity contribution in [3.63, 3.8) is 0 Å². The number of Topliss-reactive ketones (excluding diaryl/α,β-unsaturated/α-hetero) is 1. The molecule has 2 heterocycles. The van der Waals surface area contributed by atoms with Crippen LogP contribution in [0.1, 0.15) is 36.3 Å². The minimum absolute atomic E-state index is 0.123. The molecule has 33 heavy (non-hydrogen) atoms. The van der Waals surface area contributed by atoms with Crippen LogP contribution in [0, 0.1) is 0 Å². The number of hydrogen-bond acceptors (Lipinski definition) is 3. The summed E-state index contributed by atoms with van der Waals surface area (Å²) >= 11 is 0. The van der Waals surface area contributed by atoms with E-state index < -0.39 is 11.7 Å². The number of benzene rings is 2. The molecule has 0 radical (unpaired) electrons. The Balaban J connectivity index is 1.56. The Morgan fingerprint density at radius 2 is 1.70 bits per heavy atom. The number of nitrogens with zero attached hydrogens (tertiary/aromatic N) is 1. The van der Waals surface area contributed by atoms with Gasteiger partial charge in [0.1, 0.15) is 11.4 Å². The standard InChI is InChI=1S/C28H28N2O3/c1-3-33-24-16-14-22(15-17-24)25-19-23-11-7-8-18-30(23)26(25)27(31)28(32)29-20(2)12-13-21-9-5-4-6-10-21/h4-11,14-20H,3,12-13H2,1-2H3,(H,29,32)/t20-/m0/s1. The fourth-order valence-electron chi connectivity index (χ4n) is 3.97. The highest BCUT2D eigenvalue weighted by atomic mass is 16.5. The molecule has 0 aliphatic carbocycles. The first kappa shape index (κ1) is 22.3. The zero-order valence-corrected chi connectivity index (χ0v) is 19.0. The van der Waals surface area contributed by atoms with E-state index in [1.54, 1.807) is 4.40 Å². The summed E-state index contributed by atoms with van der Waals surface area (Å²) in [7, 11) is 0. The van der Waals surface area contributed by atoms with Crippen molar-refractivity contribution in [3.05, 3.63) is 96.3 Å². The van der Waals surface area contributed by atoms with Gasteiger partial charge in [-0.15, -0.1) is 0 Å². The minimum atomic E-state index is -0.591. The monoisotopic (exact) mass is 440 g/mol. The van der Waals surface area contributed by atoms with E-state index in [2.05, 4.69) is 17.4 Å². The number of aryl methyl sites for hydroxylation is 1. The van der Waals surface area contributed by atoms with E-state index in [4.69, 9.17) is 4.74 Å². The lowest BCUT2D eigenvalue weighted by Crippen LogP contribution is -2.38. The minimum Gasteiger partial charge on any atom is -0.494 e. The molecule has 0 fully saturated rings. The molecular formula is C28H28N2O3. The van der Waals surface area contributed by atoms with Gasteiger partial charge in [0, 0.05) is 23.3 Å². The van der Waals surface area contributed by atoms with Crippen molar-refractivity contribution in [2.45, 2.75) is 32.7 Å². The number of ketones is 1. The van der Waals surface area contributed by atoms with Gasteiger partial charge < -0.3 is 14.5 Å². The Kier molecular flexibility index (Phi) is 6.89. The number of hydrogen-bond donors (Lipinski definition) is 1. The Hall–Kier alpha value is -3.86. The number of carbonyl (C=O) groups is 2. The average molecular weight is 441 g/mol. The topological polar surface area (TPSA) is 59.8 Å². The van der Waals surface area contributed by atoms with Gasteiger partial charge in [-0.3, -0.25) is 9.59 Å². The molecule has 0 saturated carbocycles. The molecule has 0 saturated heterocycles. The summed E-state index contributed by atoms with van der Waals surface area (Å²) < 4.78 is 7.31. The highest BCUT2D eigenvalue weighted by molar-refractivity contribution is 6.43. The van der Waals surface area contributed by atoms with Crippen molar-refractivity contribution in [1.29, 1.82) is 0 Å². The quantitative estimate of drug-likeness (QED) is 0.283. The smallest absolute Gasteiger partial charge is 0.294 e. The predicted octanol–water partition coefficient (Wildman–Crippen LogP) is 5.33. The average Bonchev–Trinajstić information content (AvgIpc) is 3.23. The molecule has 0 aliphatic rings. The molecule has 1 amide bonds. The predicted molar refractivity (Wildman–Crippen MR) is 131 cm³/mol. The van der Waals surface area contributed by atoms with E-state index >= 15 is 0 Å². The molecule has 5 heteroatoms. The Morgan fingerprint density at radius 1 is 0.970 bits per heavy atom. The summed E-state index contributed by atoms with van der Waals surface area (Å²) in [5.74, 6) is -0.369. The van der Waals surface area contributed by atoms with E-state index in [0.29, 0.717) is 12.3 Å². The number of amides is 1. The summed E-state index contributed by atoms with van der Waals surface area (Å²) in [4.78, 5) is 26.3. The second-order valence-corrected chi connectivity index (χ2v) is 8.09. The van der Waals surface area contributed by atoms with Crippen LogP contribution in [0.3, 0.4) is 0 Å². The van der Waals surface area contributed by atoms with Crippen LogP contribution < -0.4 is 10.1 Å². The molecule has 0 aliphatic heterocycles. The molecule has 4 aromatic rings. The van der Waals surface area contributed by atoms with Crippen LogP contribution in [-0.2, 0) is 11.2 Å². The van der Waals surface area contributed by atoms with Crippen molar-refractivity contribution in [2.24, 2.45) is 0 Å². The van der Waals surface area contributed by atoms with E-state index in [1.807, 2.05) is 86.8 Å². The first-order valence-electron chi connectivity index (χ1n) is 11.3. The number of ether oxygens (including phenoxy) is 1. The molecule has 4 rings (SSSR count). The maximum Gasteiger partial charge on any atom is 0.294 e. The fraction of sp³-hybridized carbons (Fsp3) is 0.214. The summed E-state index contributed by atoms with van der Waals surface area (Å²) in [6.45, 7) is 4.45. The largest absolute Gasteiger partial charge is 0.494 e. The number of aromatic nitrogens is 1. The van der Waals surface area contributed by atoms with Gasteiger partial charge in [-0.2, -0.15) is 0 Å². The van der Waals surface area contributed by atoms with Gasteiger partial charge in [0.05, 0.1) is 6.61 Å².